The predicted molar refractivity (Wildman–Crippen MR) is 75.8 cm³/mol. The first-order valence-corrected chi connectivity index (χ1v) is 8.74. The van der Waals surface area contributed by atoms with Gasteiger partial charge in [-0.2, -0.15) is 0 Å². The van der Waals surface area contributed by atoms with E-state index in [1.807, 2.05) is 13.8 Å². The van der Waals surface area contributed by atoms with Crippen LogP contribution < -0.4 is 5.73 Å². The molecule has 112 valence electrons. The van der Waals surface area contributed by atoms with E-state index in [4.69, 9.17) is 10.5 Å². The molecule has 0 aromatic heterocycles. The number of nitrogens with zero attached hydrogens (tertiary/aromatic N) is 1. The summed E-state index contributed by atoms with van der Waals surface area (Å²) in [6.45, 7) is 10.2. The largest absolute Gasteiger partial charge is 0.368 e. The number of hydrogen-bond acceptors (Lipinski definition) is 5. The lowest BCUT2D eigenvalue weighted by Gasteiger charge is -2.34. The van der Waals surface area contributed by atoms with Crippen LogP contribution in [0, 0.1) is 5.92 Å². The van der Waals surface area contributed by atoms with Crippen LogP contribution in [0.1, 0.15) is 27.7 Å². The van der Waals surface area contributed by atoms with Gasteiger partial charge in [0.15, 0.2) is 9.84 Å². The zero-order valence-corrected chi connectivity index (χ0v) is 13.2. The molecule has 2 N–H and O–H groups in total. The van der Waals surface area contributed by atoms with Gasteiger partial charge >= 0.3 is 0 Å². The molecule has 19 heavy (non-hydrogen) atoms. The molecule has 0 aliphatic carbocycles. The molecular formula is C13H26N2O3S. The smallest absolute Gasteiger partial charge is 0.152 e. The highest BCUT2D eigenvalue weighted by atomic mass is 32.2. The normalized spacial score (nSPS) is 37.3. The van der Waals surface area contributed by atoms with Gasteiger partial charge in [-0.15, -0.1) is 0 Å². The third-order valence-electron chi connectivity index (χ3n) is 4.55. The zero-order valence-electron chi connectivity index (χ0n) is 12.3. The Hall–Kier alpha value is -0.170. The van der Waals surface area contributed by atoms with E-state index in [9.17, 15) is 8.42 Å². The van der Waals surface area contributed by atoms with Crippen LogP contribution in [0.5, 0.6) is 0 Å². The summed E-state index contributed by atoms with van der Waals surface area (Å²) in [7, 11) is -2.82. The minimum absolute atomic E-state index is 0.0268. The van der Waals surface area contributed by atoms with Crippen LogP contribution in [0.2, 0.25) is 0 Å². The fraction of sp³-hybridized carbons (Fsp3) is 1.00. The van der Waals surface area contributed by atoms with Crippen molar-refractivity contribution in [3.63, 3.8) is 0 Å². The van der Waals surface area contributed by atoms with Crippen molar-refractivity contribution in [3.8, 4) is 0 Å². The maximum absolute atomic E-state index is 11.5. The van der Waals surface area contributed by atoms with Crippen molar-refractivity contribution in [2.45, 2.75) is 44.9 Å². The Morgan fingerprint density at radius 2 is 1.68 bits per heavy atom. The van der Waals surface area contributed by atoms with Gasteiger partial charge in [0.1, 0.15) is 0 Å². The van der Waals surface area contributed by atoms with Crippen LogP contribution >= 0.6 is 0 Å². The van der Waals surface area contributed by atoms with Crippen molar-refractivity contribution < 1.29 is 13.2 Å². The molecule has 0 spiro atoms. The lowest BCUT2D eigenvalue weighted by molar-refractivity contribution is -0.0783. The standard InChI is InChI=1S/C13H26N2O3S/c1-12(2)10(11(14)13(3,4)18-12)9-15-5-7-19(16,17)8-6-15/h10-11H,5-9,14H2,1-4H3. The summed E-state index contributed by atoms with van der Waals surface area (Å²) in [5.74, 6) is 0.752. The van der Waals surface area contributed by atoms with Gasteiger partial charge in [-0.3, -0.25) is 0 Å². The van der Waals surface area contributed by atoms with Gasteiger partial charge in [0.2, 0.25) is 0 Å². The second-order valence-corrected chi connectivity index (χ2v) is 9.20. The second-order valence-electron chi connectivity index (χ2n) is 6.89. The molecule has 0 aromatic rings. The van der Waals surface area contributed by atoms with Crippen molar-refractivity contribution >= 4 is 9.84 Å². The van der Waals surface area contributed by atoms with Crippen molar-refractivity contribution in [1.29, 1.82) is 0 Å². The van der Waals surface area contributed by atoms with E-state index in [1.54, 1.807) is 0 Å². The van der Waals surface area contributed by atoms with Crippen molar-refractivity contribution in [1.82, 2.24) is 4.90 Å². The van der Waals surface area contributed by atoms with Gasteiger partial charge in [0.05, 0.1) is 22.7 Å². The van der Waals surface area contributed by atoms with E-state index in [-0.39, 0.29) is 34.7 Å². The van der Waals surface area contributed by atoms with Gasteiger partial charge < -0.3 is 15.4 Å². The summed E-state index contributed by atoms with van der Waals surface area (Å²) >= 11 is 0. The van der Waals surface area contributed by atoms with Crippen LogP contribution in [0.25, 0.3) is 0 Å². The summed E-state index contributed by atoms with van der Waals surface area (Å²) in [5, 5.41) is 0. The van der Waals surface area contributed by atoms with E-state index in [2.05, 4.69) is 18.7 Å². The molecule has 2 atom stereocenters. The van der Waals surface area contributed by atoms with Crippen LogP contribution in [0.4, 0.5) is 0 Å². The third kappa shape index (κ3) is 3.12. The van der Waals surface area contributed by atoms with E-state index in [1.165, 1.54) is 0 Å². The summed E-state index contributed by atoms with van der Waals surface area (Å²) in [6.07, 6.45) is 0. The van der Waals surface area contributed by atoms with E-state index in [0.29, 0.717) is 13.1 Å². The molecule has 0 saturated carbocycles. The number of hydrogen-bond donors (Lipinski definition) is 1. The van der Waals surface area contributed by atoms with Gasteiger partial charge in [0, 0.05) is 31.6 Å². The lowest BCUT2D eigenvalue weighted by Crippen LogP contribution is -2.51. The Morgan fingerprint density at radius 1 is 1.16 bits per heavy atom. The van der Waals surface area contributed by atoms with Crippen LogP contribution in [-0.2, 0) is 14.6 Å². The van der Waals surface area contributed by atoms with Gasteiger partial charge in [-0.25, -0.2) is 8.42 Å². The Balaban J connectivity index is 2.03. The summed E-state index contributed by atoms with van der Waals surface area (Å²) in [6, 6.07) is -0.0268. The fourth-order valence-electron chi connectivity index (χ4n) is 3.28. The predicted octanol–water partition coefficient (Wildman–Crippen LogP) is 0.248. The number of sulfone groups is 1. The minimum atomic E-state index is -2.82. The third-order valence-corrected chi connectivity index (χ3v) is 6.16. The Bertz CT molecular complexity index is 431. The van der Waals surface area contributed by atoms with E-state index in [0.717, 1.165) is 6.54 Å². The average molecular weight is 290 g/mol. The van der Waals surface area contributed by atoms with E-state index < -0.39 is 9.84 Å². The number of ether oxygens (including phenoxy) is 1. The molecule has 2 aliphatic heterocycles. The molecule has 5 nitrogen and oxygen atoms in total. The first kappa shape index (κ1) is 15.2. The second kappa shape index (κ2) is 4.69. The highest BCUT2D eigenvalue weighted by molar-refractivity contribution is 7.91. The Labute approximate surface area is 116 Å². The monoisotopic (exact) mass is 290 g/mol. The maximum Gasteiger partial charge on any atom is 0.152 e. The maximum atomic E-state index is 11.5. The SMILES string of the molecule is CC1(C)OC(C)(C)C(CN2CCS(=O)(=O)CC2)C1N. The molecule has 0 amide bonds. The molecule has 2 fully saturated rings. The first-order valence-electron chi connectivity index (χ1n) is 6.92. The van der Waals surface area contributed by atoms with Gasteiger partial charge in [-0.1, -0.05) is 0 Å². The molecule has 0 bridgehead atoms. The molecule has 2 heterocycles. The molecule has 6 heteroatoms. The van der Waals surface area contributed by atoms with Crippen molar-refractivity contribution in [2.75, 3.05) is 31.1 Å². The van der Waals surface area contributed by atoms with Gasteiger partial charge in [-0.05, 0) is 27.7 Å². The highest BCUT2D eigenvalue weighted by Crippen LogP contribution is 2.41. The van der Waals surface area contributed by atoms with Crippen LogP contribution in [0.15, 0.2) is 0 Å². The summed E-state index contributed by atoms with van der Waals surface area (Å²) < 4.78 is 29.0. The Morgan fingerprint density at radius 3 is 2.11 bits per heavy atom. The summed E-state index contributed by atoms with van der Waals surface area (Å²) in [4.78, 5) is 2.21. The van der Waals surface area contributed by atoms with Crippen molar-refractivity contribution in [3.05, 3.63) is 0 Å². The summed E-state index contributed by atoms with van der Waals surface area (Å²) in [5.41, 5.74) is 5.74. The lowest BCUT2D eigenvalue weighted by atomic mass is 9.82. The quantitative estimate of drug-likeness (QED) is 0.789. The van der Waals surface area contributed by atoms with Gasteiger partial charge in [0.25, 0.3) is 0 Å². The molecule has 0 radical (unpaired) electrons. The Kier molecular flexibility index (Phi) is 3.75. The fourth-order valence-corrected chi connectivity index (χ4v) is 4.56. The molecule has 2 saturated heterocycles. The molecule has 2 rings (SSSR count). The van der Waals surface area contributed by atoms with Crippen LogP contribution in [-0.4, -0.2) is 61.7 Å². The highest BCUT2D eigenvalue weighted by Gasteiger charge is 2.52. The number of rotatable bonds is 2. The minimum Gasteiger partial charge on any atom is -0.368 e. The number of nitrogens with two attached hydrogens (primary N) is 1. The first-order chi connectivity index (χ1) is 8.54. The zero-order chi connectivity index (χ0) is 14.5. The molecular weight excluding hydrogens is 264 g/mol. The molecule has 2 unspecified atom stereocenters. The average Bonchev–Trinajstić information content (AvgIpc) is 2.39. The van der Waals surface area contributed by atoms with E-state index >= 15 is 0 Å². The molecule has 0 aromatic carbocycles. The topological polar surface area (TPSA) is 72.6 Å². The van der Waals surface area contributed by atoms with Crippen molar-refractivity contribution in [2.24, 2.45) is 11.7 Å². The van der Waals surface area contributed by atoms with Crippen LogP contribution in [0.3, 0.4) is 0 Å². The molecule has 2 aliphatic rings.